The highest BCUT2D eigenvalue weighted by Gasteiger charge is 2.45. The molecule has 60 heavy (non-hydrogen) atoms. The Kier molecular flexibility index (Phi) is 12.7. The topological polar surface area (TPSA) is 208 Å². The summed E-state index contributed by atoms with van der Waals surface area (Å²) in [4.78, 5) is 64.9. The van der Waals surface area contributed by atoms with Crippen molar-refractivity contribution in [1.82, 2.24) is 25.1 Å². The Morgan fingerprint density at radius 2 is 1.70 bits per heavy atom. The largest absolute Gasteiger partial charge is 0.494 e. The lowest BCUT2D eigenvalue weighted by atomic mass is 10.0. The average Bonchev–Trinajstić information content (AvgIpc) is 3.49. The highest BCUT2D eigenvalue weighted by Crippen LogP contribution is 2.35. The van der Waals surface area contributed by atoms with E-state index in [2.05, 4.69) is 41.0 Å². The molecule has 4 amide bonds. The number of halogens is 1. The van der Waals surface area contributed by atoms with Gasteiger partial charge in [-0.1, -0.05) is 29.8 Å². The molecule has 3 aromatic carbocycles. The van der Waals surface area contributed by atoms with Gasteiger partial charge in [-0.15, -0.1) is 0 Å². The van der Waals surface area contributed by atoms with Crippen molar-refractivity contribution in [3.05, 3.63) is 83.0 Å². The van der Waals surface area contributed by atoms with Crippen LogP contribution in [0.4, 0.5) is 40.2 Å². The van der Waals surface area contributed by atoms with Gasteiger partial charge in [0.15, 0.2) is 5.82 Å². The number of piperidine rings is 1. The molecule has 0 saturated carbocycles. The van der Waals surface area contributed by atoms with E-state index in [4.69, 9.17) is 21.1 Å². The molecule has 3 aliphatic rings. The number of piperazine rings is 1. The number of aromatic nitrogens is 2. The van der Waals surface area contributed by atoms with Crippen molar-refractivity contribution in [2.75, 3.05) is 98.1 Å². The Labute approximate surface area is 352 Å². The van der Waals surface area contributed by atoms with E-state index >= 15 is 0 Å². The van der Waals surface area contributed by atoms with Gasteiger partial charge in [0.2, 0.25) is 27.8 Å². The second-order valence-electron chi connectivity index (χ2n) is 14.3. The second kappa shape index (κ2) is 18.1. The maximum atomic E-state index is 13.3. The molecule has 3 aliphatic heterocycles. The molecular weight excluding hydrogens is 816 g/mol. The van der Waals surface area contributed by atoms with Crippen molar-refractivity contribution in [2.45, 2.75) is 18.9 Å². The number of hydrogen-bond donors (Lipinski definition) is 4. The number of para-hydroxylation sites is 2. The first-order chi connectivity index (χ1) is 28.8. The van der Waals surface area contributed by atoms with E-state index in [1.54, 1.807) is 49.6 Å². The number of sulfonamides is 1. The fourth-order valence-electron chi connectivity index (χ4n) is 7.22. The summed E-state index contributed by atoms with van der Waals surface area (Å²) < 4.78 is 37.3. The number of rotatable bonds is 16. The van der Waals surface area contributed by atoms with Gasteiger partial charge >= 0.3 is 0 Å². The van der Waals surface area contributed by atoms with Gasteiger partial charge in [-0.3, -0.25) is 38.6 Å². The molecule has 0 aliphatic carbocycles. The number of anilines is 7. The summed E-state index contributed by atoms with van der Waals surface area (Å²) in [6.45, 7) is 5.28. The average molecular weight is 861 g/mol. The fourth-order valence-corrected chi connectivity index (χ4v) is 7.88. The van der Waals surface area contributed by atoms with E-state index in [0.717, 1.165) is 49.6 Å². The van der Waals surface area contributed by atoms with Crippen molar-refractivity contribution in [3.8, 4) is 5.75 Å². The zero-order valence-corrected chi connectivity index (χ0v) is 34.8. The van der Waals surface area contributed by atoms with Gasteiger partial charge < -0.3 is 30.3 Å². The lowest BCUT2D eigenvalue weighted by Gasteiger charge is -2.36. The molecular formula is C40H45ClN10O8S. The highest BCUT2D eigenvalue weighted by molar-refractivity contribution is 7.92. The monoisotopic (exact) mass is 860 g/mol. The molecule has 0 spiro atoms. The molecule has 18 nitrogen and oxygen atoms in total. The standard InChI is InChI=1S/C40H45ClN10O8S/c1-48(60(3,56)57)31-10-5-4-8-28(31)44-36-27(41)24-43-40(47-36)45-29-12-11-25(23-33(29)58-2)50-18-16-49(17-19-50)20-22-59-21-15-42-30-9-6-7-26-35(30)39(55)51(38(26)54)32-13-14-34(52)46-37(32)53/h4-12,23-24,32,42H,13-22H2,1-3H3,(H,46,52,53)(H2,43,44,45,47). The molecule has 4 heterocycles. The third-order valence-corrected chi connectivity index (χ3v) is 12.0. The molecule has 20 heteroatoms. The van der Waals surface area contributed by atoms with E-state index < -0.39 is 39.7 Å². The van der Waals surface area contributed by atoms with Crippen LogP contribution in [-0.4, -0.2) is 131 Å². The van der Waals surface area contributed by atoms with Crippen LogP contribution in [0, 0.1) is 0 Å². The molecule has 0 bridgehead atoms. The number of imide groups is 2. The fraction of sp³-hybridized carbons (Fsp3) is 0.350. The molecule has 2 fully saturated rings. The number of carbonyl (C=O) groups is 4. The molecule has 2 saturated heterocycles. The van der Waals surface area contributed by atoms with Gasteiger partial charge in [-0.05, 0) is 42.8 Å². The first-order valence-electron chi connectivity index (χ1n) is 19.2. The van der Waals surface area contributed by atoms with Crippen molar-refractivity contribution in [3.63, 3.8) is 0 Å². The van der Waals surface area contributed by atoms with Crippen LogP contribution < -0.4 is 35.2 Å². The number of methoxy groups -OCH3 is 1. The third-order valence-electron chi connectivity index (χ3n) is 10.5. The van der Waals surface area contributed by atoms with Gasteiger partial charge in [0.25, 0.3) is 11.8 Å². The van der Waals surface area contributed by atoms with Gasteiger partial charge in [-0.2, -0.15) is 4.98 Å². The van der Waals surface area contributed by atoms with Crippen LogP contribution in [0.3, 0.4) is 0 Å². The molecule has 7 rings (SSSR count). The van der Waals surface area contributed by atoms with Crippen molar-refractivity contribution < 1.29 is 37.1 Å². The smallest absolute Gasteiger partial charge is 0.264 e. The van der Waals surface area contributed by atoms with Crippen LogP contribution in [0.25, 0.3) is 0 Å². The lowest BCUT2D eigenvalue weighted by molar-refractivity contribution is -0.136. The number of nitrogens with one attached hydrogen (secondary N) is 4. The lowest BCUT2D eigenvalue weighted by Crippen LogP contribution is -2.54. The Morgan fingerprint density at radius 3 is 2.45 bits per heavy atom. The van der Waals surface area contributed by atoms with Crippen LogP contribution in [-0.2, 0) is 24.3 Å². The van der Waals surface area contributed by atoms with Gasteiger partial charge in [-0.25, -0.2) is 13.4 Å². The molecule has 4 aromatic rings. The second-order valence-corrected chi connectivity index (χ2v) is 16.7. The normalized spacial score (nSPS) is 17.0. The summed E-state index contributed by atoms with van der Waals surface area (Å²) in [5, 5.41) is 12.0. The van der Waals surface area contributed by atoms with Gasteiger partial charge in [0.05, 0.1) is 61.0 Å². The first kappa shape index (κ1) is 42.1. The number of benzene rings is 3. The number of amides is 4. The third kappa shape index (κ3) is 9.23. The Morgan fingerprint density at radius 1 is 0.933 bits per heavy atom. The zero-order valence-electron chi connectivity index (χ0n) is 33.2. The minimum atomic E-state index is -3.51. The summed E-state index contributed by atoms with van der Waals surface area (Å²) in [6.07, 6.45) is 2.74. The molecule has 0 radical (unpaired) electrons. The molecule has 1 aromatic heterocycles. The predicted molar refractivity (Wildman–Crippen MR) is 227 cm³/mol. The highest BCUT2D eigenvalue weighted by atomic mass is 35.5. The maximum absolute atomic E-state index is 13.3. The molecule has 4 N–H and O–H groups in total. The number of fused-ring (bicyclic) bond motifs is 1. The number of carbonyl (C=O) groups excluding carboxylic acids is 4. The summed E-state index contributed by atoms with van der Waals surface area (Å²) in [6, 6.07) is 16.7. The quantitative estimate of drug-likeness (QED) is 0.0937. The van der Waals surface area contributed by atoms with E-state index in [1.807, 2.05) is 18.2 Å². The zero-order chi connectivity index (χ0) is 42.6. The number of ether oxygens (including phenoxy) is 2. The van der Waals surface area contributed by atoms with Crippen LogP contribution in [0.15, 0.2) is 66.9 Å². The minimum absolute atomic E-state index is 0.0590. The maximum Gasteiger partial charge on any atom is 0.264 e. The van der Waals surface area contributed by atoms with Gasteiger partial charge in [0.1, 0.15) is 16.8 Å². The summed E-state index contributed by atoms with van der Waals surface area (Å²) in [5.74, 6) is -1.04. The van der Waals surface area contributed by atoms with Gasteiger partial charge in [0, 0.05) is 70.2 Å². The van der Waals surface area contributed by atoms with Crippen molar-refractivity contribution in [2.24, 2.45) is 0 Å². The van der Waals surface area contributed by atoms with Crippen LogP contribution >= 0.6 is 11.6 Å². The van der Waals surface area contributed by atoms with Crippen LogP contribution in [0.1, 0.15) is 33.6 Å². The van der Waals surface area contributed by atoms with E-state index in [-0.39, 0.29) is 40.8 Å². The van der Waals surface area contributed by atoms with Crippen molar-refractivity contribution >= 4 is 85.5 Å². The van der Waals surface area contributed by atoms with Crippen LogP contribution in [0.2, 0.25) is 5.02 Å². The Balaban J connectivity index is 0.869. The Bertz CT molecular complexity index is 2410. The summed E-state index contributed by atoms with van der Waals surface area (Å²) in [7, 11) is -0.454. The van der Waals surface area contributed by atoms with E-state index in [9.17, 15) is 27.6 Å². The number of hydrogen-bond acceptors (Lipinski definition) is 15. The van der Waals surface area contributed by atoms with E-state index in [1.165, 1.54) is 17.5 Å². The molecule has 316 valence electrons. The molecule has 1 atom stereocenters. The minimum Gasteiger partial charge on any atom is -0.494 e. The molecule has 1 unspecified atom stereocenters. The first-order valence-corrected chi connectivity index (χ1v) is 21.5. The number of nitrogens with zero attached hydrogens (tertiary/aromatic N) is 6. The predicted octanol–water partition coefficient (Wildman–Crippen LogP) is 3.67. The SMILES string of the molecule is COc1cc(N2CCN(CCOCCNc3cccc4c3C(=O)N(C3CCC(=O)NC3=O)C4=O)CC2)ccc1Nc1ncc(Cl)c(Nc2ccccc2N(C)S(C)(=O)=O)n1. The Hall–Kier alpha value is -6.02. The van der Waals surface area contributed by atoms with E-state index in [0.29, 0.717) is 48.3 Å². The van der Waals surface area contributed by atoms with Crippen LogP contribution in [0.5, 0.6) is 5.75 Å². The summed E-state index contributed by atoms with van der Waals surface area (Å²) in [5.41, 5.74) is 3.49. The van der Waals surface area contributed by atoms with Crippen molar-refractivity contribution in [1.29, 1.82) is 0 Å². The summed E-state index contributed by atoms with van der Waals surface area (Å²) >= 11 is 6.44.